The van der Waals surface area contributed by atoms with Crippen LogP contribution in [0.25, 0.3) is 0 Å². The molecular formula is C16H16INO2S. The average molecular weight is 413 g/mol. The van der Waals surface area contributed by atoms with Gasteiger partial charge in [0.2, 0.25) is 5.91 Å². The number of rotatable bonds is 5. The van der Waals surface area contributed by atoms with E-state index in [0.29, 0.717) is 0 Å². The van der Waals surface area contributed by atoms with Crippen molar-refractivity contribution >= 4 is 45.9 Å². The molecule has 0 spiro atoms. The highest BCUT2D eigenvalue weighted by atomic mass is 127. The van der Waals surface area contributed by atoms with Gasteiger partial charge in [0.15, 0.2) is 0 Å². The van der Waals surface area contributed by atoms with Crippen LogP contribution in [0.5, 0.6) is 5.75 Å². The number of hydrogen-bond acceptors (Lipinski definition) is 3. The SMILES string of the molecule is COc1ccc(SC(C)C(=O)Nc2ccccc2I)cc1. The summed E-state index contributed by atoms with van der Waals surface area (Å²) in [6.45, 7) is 1.90. The van der Waals surface area contributed by atoms with E-state index >= 15 is 0 Å². The number of nitrogens with one attached hydrogen (secondary N) is 1. The lowest BCUT2D eigenvalue weighted by Crippen LogP contribution is -2.22. The third-order valence-corrected chi connectivity index (χ3v) is 4.93. The van der Waals surface area contributed by atoms with Gasteiger partial charge in [-0.3, -0.25) is 4.79 Å². The second kappa shape index (κ2) is 7.70. The Morgan fingerprint density at radius 1 is 1.19 bits per heavy atom. The van der Waals surface area contributed by atoms with Crippen LogP contribution in [0.2, 0.25) is 0 Å². The Labute approximate surface area is 142 Å². The van der Waals surface area contributed by atoms with Crippen molar-refractivity contribution in [1.29, 1.82) is 0 Å². The minimum atomic E-state index is -0.172. The Balaban J connectivity index is 1.97. The van der Waals surface area contributed by atoms with Gasteiger partial charge in [-0.05, 0) is 65.9 Å². The van der Waals surface area contributed by atoms with Gasteiger partial charge in [-0.1, -0.05) is 12.1 Å². The summed E-state index contributed by atoms with van der Waals surface area (Å²) in [7, 11) is 1.64. The van der Waals surface area contributed by atoms with Crippen LogP contribution >= 0.6 is 34.4 Å². The summed E-state index contributed by atoms with van der Waals surface area (Å²) in [4.78, 5) is 13.3. The monoisotopic (exact) mass is 413 g/mol. The van der Waals surface area contributed by atoms with Crippen molar-refractivity contribution in [2.75, 3.05) is 12.4 Å². The molecule has 1 N–H and O–H groups in total. The van der Waals surface area contributed by atoms with Crippen LogP contribution in [0.1, 0.15) is 6.92 Å². The predicted molar refractivity (Wildman–Crippen MR) is 96.1 cm³/mol. The summed E-state index contributed by atoms with van der Waals surface area (Å²) >= 11 is 3.74. The number of para-hydroxylation sites is 1. The van der Waals surface area contributed by atoms with Gasteiger partial charge in [0.1, 0.15) is 5.75 Å². The summed E-state index contributed by atoms with van der Waals surface area (Å²) in [5.41, 5.74) is 0.852. The highest BCUT2D eigenvalue weighted by Crippen LogP contribution is 2.26. The van der Waals surface area contributed by atoms with Gasteiger partial charge >= 0.3 is 0 Å². The van der Waals surface area contributed by atoms with E-state index in [1.54, 1.807) is 7.11 Å². The zero-order chi connectivity index (χ0) is 15.2. The van der Waals surface area contributed by atoms with Crippen molar-refractivity contribution in [3.8, 4) is 5.75 Å². The molecule has 0 aliphatic carbocycles. The lowest BCUT2D eigenvalue weighted by Gasteiger charge is -2.13. The van der Waals surface area contributed by atoms with E-state index in [-0.39, 0.29) is 11.2 Å². The maximum absolute atomic E-state index is 12.2. The number of methoxy groups -OCH3 is 1. The molecule has 0 saturated heterocycles. The molecule has 0 aliphatic heterocycles. The molecule has 0 aliphatic rings. The molecule has 0 heterocycles. The minimum absolute atomic E-state index is 0.0000611. The molecule has 2 aromatic rings. The van der Waals surface area contributed by atoms with E-state index in [1.807, 2.05) is 55.5 Å². The Kier molecular flexibility index (Phi) is 5.93. The van der Waals surface area contributed by atoms with E-state index in [0.717, 1.165) is 19.9 Å². The summed E-state index contributed by atoms with van der Waals surface area (Å²) in [6, 6.07) is 15.5. The highest BCUT2D eigenvalue weighted by molar-refractivity contribution is 14.1. The van der Waals surface area contributed by atoms with Gasteiger partial charge in [-0.2, -0.15) is 0 Å². The van der Waals surface area contributed by atoms with Crippen molar-refractivity contribution in [3.05, 3.63) is 52.1 Å². The van der Waals surface area contributed by atoms with Crippen molar-refractivity contribution in [2.24, 2.45) is 0 Å². The molecule has 1 amide bonds. The zero-order valence-electron chi connectivity index (χ0n) is 11.8. The van der Waals surface area contributed by atoms with Crippen LogP contribution in [0, 0.1) is 3.57 Å². The fourth-order valence-corrected chi connectivity index (χ4v) is 3.10. The number of ether oxygens (including phenoxy) is 1. The molecule has 21 heavy (non-hydrogen) atoms. The van der Waals surface area contributed by atoms with Gasteiger partial charge < -0.3 is 10.1 Å². The number of carbonyl (C=O) groups is 1. The van der Waals surface area contributed by atoms with Crippen LogP contribution < -0.4 is 10.1 Å². The Morgan fingerprint density at radius 2 is 1.86 bits per heavy atom. The van der Waals surface area contributed by atoms with Crippen LogP contribution in [-0.2, 0) is 4.79 Å². The van der Waals surface area contributed by atoms with E-state index < -0.39 is 0 Å². The third-order valence-electron chi connectivity index (χ3n) is 2.87. The number of halogens is 1. The first-order chi connectivity index (χ1) is 10.1. The largest absolute Gasteiger partial charge is 0.497 e. The first-order valence-electron chi connectivity index (χ1n) is 6.46. The Bertz CT molecular complexity index is 616. The van der Waals surface area contributed by atoms with Crippen LogP contribution in [0.15, 0.2) is 53.4 Å². The molecule has 1 unspecified atom stereocenters. The number of benzene rings is 2. The molecule has 0 saturated carbocycles. The fourth-order valence-electron chi connectivity index (χ4n) is 1.71. The third kappa shape index (κ3) is 4.64. The van der Waals surface area contributed by atoms with Gasteiger partial charge in [-0.25, -0.2) is 0 Å². The quantitative estimate of drug-likeness (QED) is 0.583. The van der Waals surface area contributed by atoms with E-state index in [2.05, 4.69) is 27.9 Å². The second-order valence-corrected chi connectivity index (χ2v) is 6.98. The maximum atomic E-state index is 12.2. The highest BCUT2D eigenvalue weighted by Gasteiger charge is 2.15. The standard InChI is InChI=1S/C16H16INO2S/c1-11(21-13-9-7-12(20-2)8-10-13)16(19)18-15-6-4-3-5-14(15)17/h3-11H,1-2H3,(H,18,19). The van der Waals surface area contributed by atoms with Crippen molar-refractivity contribution in [2.45, 2.75) is 17.1 Å². The summed E-state index contributed by atoms with van der Waals surface area (Å²) in [5.74, 6) is 0.815. The number of anilines is 1. The molecule has 1 atom stereocenters. The molecule has 2 rings (SSSR count). The number of thioether (sulfide) groups is 1. The second-order valence-electron chi connectivity index (χ2n) is 4.40. The fraction of sp³-hybridized carbons (Fsp3) is 0.188. The topological polar surface area (TPSA) is 38.3 Å². The molecule has 0 bridgehead atoms. The summed E-state index contributed by atoms with van der Waals surface area (Å²) < 4.78 is 6.16. The summed E-state index contributed by atoms with van der Waals surface area (Å²) in [6.07, 6.45) is 0. The first kappa shape index (κ1) is 16.2. The lowest BCUT2D eigenvalue weighted by atomic mass is 10.3. The van der Waals surface area contributed by atoms with Crippen LogP contribution in [-0.4, -0.2) is 18.3 Å². The molecule has 0 radical (unpaired) electrons. The molecule has 2 aromatic carbocycles. The van der Waals surface area contributed by atoms with Crippen molar-refractivity contribution in [3.63, 3.8) is 0 Å². The van der Waals surface area contributed by atoms with Crippen LogP contribution in [0.3, 0.4) is 0 Å². The molecule has 0 aromatic heterocycles. The zero-order valence-corrected chi connectivity index (χ0v) is 14.8. The molecule has 110 valence electrons. The predicted octanol–water partition coefficient (Wildman–Crippen LogP) is 4.42. The maximum Gasteiger partial charge on any atom is 0.237 e. The van der Waals surface area contributed by atoms with Crippen molar-refractivity contribution < 1.29 is 9.53 Å². The summed E-state index contributed by atoms with van der Waals surface area (Å²) in [5, 5.41) is 2.79. The van der Waals surface area contributed by atoms with Gasteiger partial charge in [0, 0.05) is 8.47 Å². The Hall–Kier alpha value is -1.21. The lowest BCUT2D eigenvalue weighted by molar-refractivity contribution is -0.115. The van der Waals surface area contributed by atoms with Gasteiger partial charge in [-0.15, -0.1) is 11.8 Å². The van der Waals surface area contributed by atoms with Gasteiger partial charge in [0.05, 0.1) is 18.0 Å². The number of carbonyl (C=O) groups excluding carboxylic acids is 1. The Morgan fingerprint density at radius 3 is 2.48 bits per heavy atom. The van der Waals surface area contributed by atoms with E-state index in [1.165, 1.54) is 11.8 Å². The number of amides is 1. The van der Waals surface area contributed by atoms with Gasteiger partial charge in [0.25, 0.3) is 0 Å². The van der Waals surface area contributed by atoms with Crippen molar-refractivity contribution in [1.82, 2.24) is 0 Å². The molecular weight excluding hydrogens is 397 g/mol. The minimum Gasteiger partial charge on any atom is -0.497 e. The first-order valence-corrected chi connectivity index (χ1v) is 8.42. The van der Waals surface area contributed by atoms with E-state index in [4.69, 9.17) is 4.74 Å². The number of hydrogen-bond donors (Lipinski definition) is 1. The normalized spacial score (nSPS) is 11.8. The van der Waals surface area contributed by atoms with E-state index in [9.17, 15) is 4.79 Å². The molecule has 3 nitrogen and oxygen atoms in total. The molecule has 0 fully saturated rings. The average Bonchev–Trinajstić information content (AvgIpc) is 2.50. The van der Waals surface area contributed by atoms with Crippen LogP contribution in [0.4, 0.5) is 5.69 Å². The molecule has 5 heteroatoms. The smallest absolute Gasteiger partial charge is 0.237 e.